The van der Waals surface area contributed by atoms with Gasteiger partial charge >= 0.3 is 0 Å². The summed E-state index contributed by atoms with van der Waals surface area (Å²) in [6, 6.07) is 4.70. The van der Waals surface area contributed by atoms with Crippen LogP contribution in [0.4, 0.5) is 0 Å². The lowest BCUT2D eigenvalue weighted by atomic mass is 10.1. The summed E-state index contributed by atoms with van der Waals surface area (Å²) < 4.78 is 5.34. The van der Waals surface area contributed by atoms with Crippen LogP contribution < -0.4 is 10.1 Å². The van der Waals surface area contributed by atoms with Crippen LogP contribution in [0.3, 0.4) is 0 Å². The lowest BCUT2D eigenvalue weighted by molar-refractivity contribution is -0.136. The Labute approximate surface area is 140 Å². The summed E-state index contributed by atoms with van der Waals surface area (Å²) >= 11 is 11.7. The highest BCUT2D eigenvalue weighted by molar-refractivity contribution is 6.34. The van der Waals surface area contributed by atoms with E-state index in [0.717, 1.165) is 0 Å². The van der Waals surface area contributed by atoms with Crippen LogP contribution in [0.5, 0.6) is 5.75 Å². The summed E-state index contributed by atoms with van der Waals surface area (Å²) in [7, 11) is 1.54. The summed E-state index contributed by atoms with van der Waals surface area (Å²) in [5, 5.41) is 3.63. The number of benzene rings is 1. The minimum atomic E-state index is -0.338. The van der Waals surface area contributed by atoms with Gasteiger partial charge in [0.15, 0.2) is 6.61 Å². The first kappa shape index (κ1) is 18.6. The van der Waals surface area contributed by atoms with Crippen molar-refractivity contribution in [2.75, 3.05) is 20.2 Å². The van der Waals surface area contributed by atoms with Crippen molar-refractivity contribution in [1.29, 1.82) is 0 Å². The molecule has 2 amide bonds. The standard InChI is InChI=1S/C15H20Cl2N2O3/c1-15(2,3)18-13(20)8-19(4)14(21)9-22-12-6-10(16)5-11(17)7-12/h5-7H,8-9H2,1-4H3,(H,18,20). The van der Waals surface area contributed by atoms with E-state index in [1.807, 2.05) is 20.8 Å². The van der Waals surface area contributed by atoms with Crippen molar-refractivity contribution in [3.8, 4) is 5.75 Å². The average Bonchev–Trinajstić information content (AvgIpc) is 2.32. The molecule has 0 fully saturated rings. The maximum Gasteiger partial charge on any atom is 0.260 e. The molecule has 122 valence electrons. The van der Waals surface area contributed by atoms with E-state index in [4.69, 9.17) is 27.9 Å². The fourth-order valence-electron chi connectivity index (χ4n) is 1.63. The van der Waals surface area contributed by atoms with Crippen LogP contribution >= 0.6 is 23.2 Å². The maximum atomic E-state index is 11.9. The molecule has 7 heteroatoms. The Bertz CT molecular complexity index is 536. The monoisotopic (exact) mass is 346 g/mol. The number of halogens is 2. The van der Waals surface area contributed by atoms with Crippen LogP contribution in [-0.4, -0.2) is 42.5 Å². The zero-order valence-corrected chi connectivity index (χ0v) is 14.6. The topological polar surface area (TPSA) is 58.6 Å². The zero-order chi connectivity index (χ0) is 16.9. The van der Waals surface area contributed by atoms with Gasteiger partial charge in [-0.3, -0.25) is 9.59 Å². The van der Waals surface area contributed by atoms with Gasteiger partial charge in [-0.2, -0.15) is 0 Å². The minimum Gasteiger partial charge on any atom is -0.484 e. The molecule has 0 saturated heterocycles. The molecule has 0 aliphatic heterocycles. The fraction of sp³-hybridized carbons (Fsp3) is 0.467. The third-order valence-corrected chi connectivity index (χ3v) is 2.96. The van der Waals surface area contributed by atoms with Gasteiger partial charge in [0.2, 0.25) is 5.91 Å². The van der Waals surface area contributed by atoms with Gasteiger partial charge in [-0.1, -0.05) is 23.2 Å². The normalized spacial score (nSPS) is 11.0. The molecule has 22 heavy (non-hydrogen) atoms. The van der Waals surface area contributed by atoms with E-state index < -0.39 is 0 Å². The second-order valence-corrected chi connectivity index (χ2v) is 6.81. The molecule has 1 aromatic rings. The smallest absolute Gasteiger partial charge is 0.260 e. The number of rotatable bonds is 5. The molecule has 0 aromatic heterocycles. The summed E-state index contributed by atoms with van der Waals surface area (Å²) in [5.74, 6) is -0.146. The highest BCUT2D eigenvalue weighted by Crippen LogP contribution is 2.24. The van der Waals surface area contributed by atoms with Crippen LogP contribution in [0.15, 0.2) is 18.2 Å². The second-order valence-electron chi connectivity index (χ2n) is 5.94. The molecule has 0 radical (unpaired) electrons. The summed E-state index contributed by atoms with van der Waals surface area (Å²) in [4.78, 5) is 25.0. The molecule has 1 rings (SSSR count). The predicted octanol–water partition coefficient (Wildman–Crippen LogP) is 2.75. The number of nitrogens with one attached hydrogen (secondary N) is 1. The molecule has 0 heterocycles. The molecule has 1 N–H and O–H groups in total. The number of hydrogen-bond acceptors (Lipinski definition) is 3. The van der Waals surface area contributed by atoms with Gasteiger partial charge < -0.3 is 15.0 Å². The van der Waals surface area contributed by atoms with Crippen molar-refractivity contribution in [1.82, 2.24) is 10.2 Å². The largest absolute Gasteiger partial charge is 0.484 e. The lowest BCUT2D eigenvalue weighted by Gasteiger charge is -2.23. The second kappa shape index (κ2) is 7.70. The highest BCUT2D eigenvalue weighted by atomic mass is 35.5. The zero-order valence-electron chi connectivity index (χ0n) is 13.1. The van der Waals surface area contributed by atoms with E-state index in [2.05, 4.69) is 5.32 Å². The number of amides is 2. The highest BCUT2D eigenvalue weighted by Gasteiger charge is 2.18. The molecule has 1 aromatic carbocycles. The molecule has 0 atom stereocenters. The quantitative estimate of drug-likeness (QED) is 0.891. The molecule has 0 saturated carbocycles. The molecule has 5 nitrogen and oxygen atoms in total. The third-order valence-electron chi connectivity index (χ3n) is 2.52. The summed E-state index contributed by atoms with van der Waals surface area (Å²) in [5.41, 5.74) is -0.338. The molecule has 0 aliphatic carbocycles. The first-order valence-corrected chi connectivity index (χ1v) is 7.46. The number of likely N-dealkylation sites (N-methyl/N-ethyl adjacent to an activating group) is 1. The Kier molecular flexibility index (Phi) is 6.50. The van der Waals surface area contributed by atoms with E-state index in [1.165, 1.54) is 4.90 Å². The molecule has 0 aliphatic rings. The van der Waals surface area contributed by atoms with Gasteiger partial charge in [0.05, 0.1) is 6.54 Å². The Morgan fingerprint density at radius 2 is 1.73 bits per heavy atom. The number of ether oxygens (including phenoxy) is 1. The van der Waals surface area contributed by atoms with Crippen LogP contribution in [0, 0.1) is 0 Å². The molecular formula is C15H20Cl2N2O3. The molecule has 0 bridgehead atoms. The first-order valence-electron chi connectivity index (χ1n) is 6.71. The van der Waals surface area contributed by atoms with E-state index >= 15 is 0 Å². The Morgan fingerprint density at radius 1 is 1.18 bits per heavy atom. The fourth-order valence-corrected chi connectivity index (χ4v) is 2.13. The van der Waals surface area contributed by atoms with Crippen LogP contribution in [0.1, 0.15) is 20.8 Å². The van der Waals surface area contributed by atoms with Gasteiger partial charge in [0.1, 0.15) is 5.75 Å². The van der Waals surface area contributed by atoms with Crippen LogP contribution in [-0.2, 0) is 9.59 Å². The maximum absolute atomic E-state index is 11.9. The van der Waals surface area contributed by atoms with E-state index in [0.29, 0.717) is 15.8 Å². The molecular weight excluding hydrogens is 327 g/mol. The summed E-state index contributed by atoms with van der Waals surface area (Å²) in [6.45, 7) is 5.39. The Hall–Kier alpha value is -1.46. The third kappa shape index (κ3) is 7.00. The van der Waals surface area contributed by atoms with E-state index in [1.54, 1.807) is 25.2 Å². The lowest BCUT2D eigenvalue weighted by Crippen LogP contribution is -2.47. The number of carbonyl (C=O) groups excluding carboxylic acids is 2. The summed E-state index contributed by atoms with van der Waals surface area (Å²) in [6.07, 6.45) is 0. The average molecular weight is 347 g/mol. The first-order chi connectivity index (χ1) is 10.1. The van der Waals surface area contributed by atoms with Crippen molar-refractivity contribution in [3.05, 3.63) is 28.2 Å². The van der Waals surface area contributed by atoms with Gasteiger partial charge in [-0.05, 0) is 39.0 Å². The molecule has 0 spiro atoms. The van der Waals surface area contributed by atoms with Crippen molar-refractivity contribution in [2.24, 2.45) is 0 Å². The van der Waals surface area contributed by atoms with Crippen molar-refractivity contribution in [2.45, 2.75) is 26.3 Å². The number of nitrogens with zero attached hydrogens (tertiary/aromatic N) is 1. The van der Waals surface area contributed by atoms with Crippen molar-refractivity contribution in [3.63, 3.8) is 0 Å². The Balaban J connectivity index is 2.49. The van der Waals surface area contributed by atoms with Gasteiger partial charge in [0, 0.05) is 22.6 Å². The van der Waals surface area contributed by atoms with Crippen LogP contribution in [0.2, 0.25) is 10.0 Å². The van der Waals surface area contributed by atoms with Gasteiger partial charge in [-0.25, -0.2) is 0 Å². The van der Waals surface area contributed by atoms with E-state index in [-0.39, 0.29) is 30.5 Å². The molecule has 0 unspecified atom stereocenters. The van der Waals surface area contributed by atoms with Crippen molar-refractivity contribution < 1.29 is 14.3 Å². The van der Waals surface area contributed by atoms with Gasteiger partial charge in [-0.15, -0.1) is 0 Å². The predicted molar refractivity (Wildman–Crippen MR) is 87.5 cm³/mol. The Morgan fingerprint density at radius 3 is 2.23 bits per heavy atom. The van der Waals surface area contributed by atoms with Crippen molar-refractivity contribution >= 4 is 35.0 Å². The number of hydrogen-bond donors (Lipinski definition) is 1. The van der Waals surface area contributed by atoms with Gasteiger partial charge in [0.25, 0.3) is 5.91 Å². The minimum absolute atomic E-state index is 0.0320. The SMILES string of the molecule is CN(CC(=O)NC(C)(C)C)C(=O)COc1cc(Cl)cc(Cl)c1. The van der Waals surface area contributed by atoms with Crippen LogP contribution in [0.25, 0.3) is 0 Å². The number of carbonyl (C=O) groups is 2. The van der Waals surface area contributed by atoms with E-state index in [9.17, 15) is 9.59 Å².